The topological polar surface area (TPSA) is 103 Å². The lowest BCUT2D eigenvalue weighted by atomic mass is 10.0. The van der Waals surface area contributed by atoms with Crippen molar-refractivity contribution in [2.75, 3.05) is 31.5 Å². The van der Waals surface area contributed by atoms with Gasteiger partial charge in [0.2, 0.25) is 5.91 Å². The summed E-state index contributed by atoms with van der Waals surface area (Å²) in [5.41, 5.74) is 7.53. The second-order valence-electron chi connectivity index (χ2n) is 5.98. The number of carbonyl (C=O) groups excluding carboxylic acids is 2. The summed E-state index contributed by atoms with van der Waals surface area (Å²) in [6.07, 6.45) is 2.42. The van der Waals surface area contributed by atoms with E-state index in [9.17, 15) is 9.59 Å². The van der Waals surface area contributed by atoms with Gasteiger partial charge in [0.15, 0.2) is 0 Å². The minimum atomic E-state index is -0.727. The molecule has 150 valence electrons. The summed E-state index contributed by atoms with van der Waals surface area (Å²) in [7, 11) is 3.20. The van der Waals surface area contributed by atoms with E-state index in [1.54, 1.807) is 38.1 Å². The van der Waals surface area contributed by atoms with Crippen molar-refractivity contribution in [1.82, 2.24) is 5.32 Å². The van der Waals surface area contributed by atoms with Crippen LogP contribution in [0.1, 0.15) is 6.42 Å². The maximum absolute atomic E-state index is 12.6. The molecular formula is C20H25N3O4S. The number of benzene rings is 2. The third kappa shape index (κ3) is 5.82. The van der Waals surface area contributed by atoms with E-state index in [0.717, 1.165) is 22.6 Å². The van der Waals surface area contributed by atoms with Crippen LogP contribution in [0.5, 0.6) is 11.5 Å². The van der Waals surface area contributed by atoms with Gasteiger partial charge in [-0.2, -0.15) is 11.8 Å². The number of rotatable bonds is 9. The van der Waals surface area contributed by atoms with Crippen molar-refractivity contribution in [3.8, 4) is 22.6 Å². The smallest absolute Gasteiger partial charge is 0.312 e. The van der Waals surface area contributed by atoms with Crippen molar-refractivity contribution in [3.05, 3.63) is 42.5 Å². The van der Waals surface area contributed by atoms with Crippen molar-refractivity contribution in [2.45, 2.75) is 12.5 Å². The van der Waals surface area contributed by atoms with Gasteiger partial charge >= 0.3 is 6.03 Å². The van der Waals surface area contributed by atoms with E-state index in [1.165, 1.54) is 0 Å². The molecule has 2 aromatic rings. The van der Waals surface area contributed by atoms with Gasteiger partial charge in [0, 0.05) is 11.3 Å². The Labute approximate surface area is 169 Å². The van der Waals surface area contributed by atoms with Gasteiger partial charge < -0.3 is 25.8 Å². The quantitative estimate of drug-likeness (QED) is 0.597. The van der Waals surface area contributed by atoms with Crippen molar-refractivity contribution < 1.29 is 19.1 Å². The molecular weight excluding hydrogens is 378 g/mol. The van der Waals surface area contributed by atoms with Crippen LogP contribution in [0.15, 0.2) is 42.5 Å². The number of nitrogens with one attached hydrogen (secondary N) is 2. The van der Waals surface area contributed by atoms with Crippen LogP contribution in [-0.2, 0) is 4.79 Å². The minimum Gasteiger partial charge on any atom is -0.497 e. The van der Waals surface area contributed by atoms with Gasteiger partial charge in [-0.05, 0) is 54.3 Å². The molecule has 3 amide bonds. The number of anilines is 1. The lowest BCUT2D eigenvalue weighted by molar-refractivity contribution is -0.117. The van der Waals surface area contributed by atoms with Crippen LogP contribution in [0.25, 0.3) is 11.1 Å². The maximum atomic E-state index is 12.6. The first-order valence-electron chi connectivity index (χ1n) is 8.66. The highest BCUT2D eigenvalue weighted by Crippen LogP contribution is 2.33. The van der Waals surface area contributed by atoms with Crippen LogP contribution in [0.4, 0.5) is 10.5 Å². The Kier molecular flexibility index (Phi) is 8.01. The van der Waals surface area contributed by atoms with Gasteiger partial charge in [-0.25, -0.2) is 4.79 Å². The van der Waals surface area contributed by atoms with E-state index >= 15 is 0 Å². The van der Waals surface area contributed by atoms with Crippen LogP contribution in [-0.4, -0.2) is 44.2 Å². The fourth-order valence-corrected chi connectivity index (χ4v) is 3.16. The first-order valence-corrected chi connectivity index (χ1v) is 10.1. The zero-order chi connectivity index (χ0) is 20.5. The van der Waals surface area contributed by atoms with Crippen molar-refractivity contribution in [3.63, 3.8) is 0 Å². The van der Waals surface area contributed by atoms with Crippen LogP contribution >= 0.6 is 11.8 Å². The van der Waals surface area contributed by atoms with Gasteiger partial charge in [-0.1, -0.05) is 12.1 Å². The standard InChI is InChI=1S/C20H25N3O4S/c1-26-15-7-4-13(5-8-15)16-12-14(6-9-18(16)27-2)22-19(24)17(10-11-28-3)23-20(21)25/h4-9,12,17H,10-11H2,1-3H3,(H,22,24)(H3,21,23,25)/t17-/m1/s1. The van der Waals surface area contributed by atoms with E-state index in [2.05, 4.69) is 10.6 Å². The van der Waals surface area contributed by atoms with Crippen LogP contribution in [0.3, 0.4) is 0 Å². The first-order chi connectivity index (χ1) is 13.5. The zero-order valence-corrected chi connectivity index (χ0v) is 17.0. The predicted octanol–water partition coefficient (Wildman–Crippen LogP) is 3.10. The Morgan fingerprint density at radius 1 is 1.11 bits per heavy atom. The molecule has 0 aromatic heterocycles. The third-order valence-electron chi connectivity index (χ3n) is 4.11. The summed E-state index contributed by atoms with van der Waals surface area (Å²) in [4.78, 5) is 23.8. The normalized spacial score (nSPS) is 11.4. The molecule has 7 nitrogen and oxygen atoms in total. The molecule has 4 N–H and O–H groups in total. The van der Waals surface area contributed by atoms with Gasteiger partial charge in [0.1, 0.15) is 17.5 Å². The first kappa shape index (κ1) is 21.4. The second-order valence-corrected chi connectivity index (χ2v) is 6.96. The number of methoxy groups -OCH3 is 2. The van der Waals surface area contributed by atoms with Crippen molar-refractivity contribution in [2.24, 2.45) is 5.73 Å². The average Bonchev–Trinajstić information content (AvgIpc) is 2.70. The fraction of sp³-hybridized carbons (Fsp3) is 0.300. The molecule has 0 heterocycles. The fourth-order valence-electron chi connectivity index (χ4n) is 2.69. The van der Waals surface area contributed by atoms with E-state index in [-0.39, 0.29) is 5.91 Å². The molecule has 2 aromatic carbocycles. The molecule has 1 atom stereocenters. The van der Waals surface area contributed by atoms with Crippen molar-refractivity contribution in [1.29, 1.82) is 0 Å². The van der Waals surface area contributed by atoms with Gasteiger partial charge in [-0.3, -0.25) is 4.79 Å². The SMILES string of the molecule is COc1ccc(-c2cc(NC(=O)[C@@H](CCSC)NC(N)=O)ccc2OC)cc1. The number of hydrogen-bond donors (Lipinski definition) is 3. The lowest BCUT2D eigenvalue weighted by Crippen LogP contribution is -2.46. The van der Waals surface area contributed by atoms with E-state index in [0.29, 0.717) is 17.9 Å². The third-order valence-corrected chi connectivity index (χ3v) is 4.76. The van der Waals surface area contributed by atoms with E-state index < -0.39 is 12.1 Å². The number of ether oxygens (including phenoxy) is 2. The summed E-state index contributed by atoms with van der Waals surface area (Å²) in [5, 5.41) is 5.33. The summed E-state index contributed by atoms with van der Waals surface area (Å²) in [5.74, 6) is 1.83. The number of nitrogens with two attached hydrogens (primary N) is 1. The molecule has 0 unspecified atom stereocenters. The highest BCUT2D eigenvalue weighted by Gasteiger charge is 2.20. The number of amides is 3. The molecule has 0 aliphatic heterocycles. The summed E-state index contributed by atoms with van der Waals surface area (Å²) < 4.78 is 10.6. The largest absolute Gasteiger partial charge is 0.497 e. The molecule has 0 saturated heterocycles. The molecule has 28 heavy (non-hydrogen) atoms. The Bertz CT molecular complexity index is 812. The number of carbonyl (C=O) groups is 2. The number of primary amides is 1. The van der Waals surface area contributed by atoms with Gasteiger partial charge in [-0.15, -0.1) is 0 Å². The summed E-state index contributed by atoms with van der Waals surface area (Å²) in [6.45, 7) is 0. The maximum Gasteiger partial charge on any atom is 0.312 e. The highest BCUT2D eigenvalue weighted by atomic mass is 32.2. The molecule has 0 aliphatic carbocycles. The molecule has 8 heteroatoms. The molecule has 0 fully saturated rings. The Hall–Kier alpha value is -2.87. The second kappa shape index (κ2) is 10.5. The Morgan fingerprint density at radius 2 is 1.82 bits per heavy atom. The average molecular weight is 404 g/mol. The molecule has 0 spiro atoms. The molecule has 0 radical (unpaired) electrons. The zero-order valence-electron chi connectivity index (χ0n) is 16.2. The number of urea groups is 1. The number of hydrogen-bond acceptors (Lipinski definition) is 5. The van der Waals surface area contributed by atoms with Gasteiger partial charge in [0.05, 0.1) is 14.2 Å². The molecule has 2 rings (SSSR count). The Balaban J connectivity index is 2.25. The monoisotopic (exact) mass is 403 g/mol. The minimum absolute atomic E-state index is 0.321. The molecule has 0 aliphatic rings. The van der Waals surface area contributed by atoms with E-state index in [4.69, 9.17) is 15.2 Å². The van der Waals surface area contributed by atoms with Crippen LogP contribution < -0.4 is 25.8 Å². The van der Waals surface area contributed by atoms with Crippen LogP contribution in [0.2, 0.25) is 0 Å². The molecule has 0 saturated carbocycles. The molecule has 0 bridgehead atoms. The highest BCUT2D eigenvalue weighted by molar-refractivity contribution is 7.98. The number of thioether (sulfide) groups is 1. The lowest BCUT2D eigenvalue weighted by Gasteiger charge is -2.18. The van der Waals surface area contributed by atoms with Crippen molar-refractivity contribution >= 4 is 29.4 Å². The van der Waals surface area contributed by atoms with E-state index in [1.807, 2.05) is 36.6 Å². The predicted molar refractivity (Wildman–Crippen MR) is 113 cm³/mol. The van der Waals surface area contributed by atoms with Crippen LogP contribution in [0, 0.1) is 0 Å². The summed E-state index contributed by atoms with van der Waals surface area (Å²) in [6, 6.07) is 11.5. The summed E-state index contributed by atoms with van der Waals surface area (Å²) >= 11 is 1.59. The Morgan fingerprint density at radius 3 is 2.39 bits per heavy atom. The van der Waals surface area contributed by atoms with Gasteiger partial charge in [0.25, 0.3) is 0 Å².